The van der Waals surface area contributed by atoms with Gasteiger partial charge in [0.2, 0.25) is 0 Å². The molecule has 5 rings (SSSR count). The van der Waals surface area contributed by atoms with E-state index < -0.39 is 0 Å². The average molecular weight is 486 g/mol. The Hall–Kier alpha value is -4.41. The molecule has 36 heavy (non-hydrogen) atoms. The van der Waals surface area contributed by atoms with Crippen LogP contribution in [0.4, 0.5) is 22.7 Å². The van der Waals surface area contributed by atoms with E-state index in [9.17, 15) is 0 Å². The van der Waals surface area contributed by atoms with Gasteiger partial charge in [0.15, 0.2) is 0 Å². The van der Waals surface area contributed by atoms with Gasteiger partial charge in [-0.25, -0.2) is 0 Å². The van der Waals surface area contributed by atoms with Gasteiger partial charge in [-0.05, 0) is 71.6 Å². The van der Waals surface area contributed by atoms with Crippen LogP contribution in [0.2, 0.25) is 0 Å². The summed E-state index contributed by atoms with van der Waals surface area (Å²) in [6.45, 7) is 0.746. The van der Waals surface area contributed by atoms with Crippen molar-refractivity contribution in [1.82, 2.24) is 0 Å². The summed E-state index contributed by atoms with van der Waals surface area (Å²) in [5, 5.41) is 8.85. The van der Waals surface area contributed by atoms with Crippen molar-refractivity contribution in [1.29, 1.82) is 0 Å². The normalized spacial score (nSPS) is 11.2. The number of hydrogen-bond acceptors (Lipinski definition) is 4. The standard InChI is InChI=1S/C32H27N3S/c1-4-13-28(14-5-1)34(26-32-19-11-25-36-32)33-24-10-12-27-20-22-31(23-21-27)35(29-15-6-2-7-16-29)30-17-8-3-9-18-30/h1-25H,26H2/b12-10+,33-24+. The van der Waals surface area contributed by atoms with E-state index in [-0.39, 0.29) is 0 Å². The van der Waals surface area contributed by atoms with Crippen molar-refractivity contribution >= 4 is 46.4 Å². The van der Waals surface area contributed by atoms with E-state index in [1.807, 2.05) is 47.6 Å². The van der Waals surface area contributed by atoms with Gasteiger partial charge in [0.05, 0.1) is 12.2 Å². The molecule has 0 aliphatic carbocycles. The third-order valence-electron chi connectivity index (χ3n) is 5.70. The maximum atomic E-state index is 4.73. The van der Waals surface area contributed by atoms with Gasteiger partial charge in [0.1, 0.15) is 0 Å². The summed E-state index contributed by atoms with van der Waals surface area (Å²) in [5.41, 5.74) is 5.57. The molecule has 0 N–H and O–H groups in total. The number of para-hydroxylation sites is 3. The number of thiophene rings is 1. The molecule has 0 bridgehead atoms. The first-order chi connectivity index (χ1) is 17.9. The summed E-state index contributed by atoms with van der Waals surface area (Å²) < 4.78 is 0. The highest BCUT2D eigenvalue weighted by Crippen LogP contribution is 2.34. The van der Waals surface area contributed by atoms with Gasteiger partial charge in [-0.3, -0.25) is 5.01 Å². The number of hydrazone groups is 1. The Balaban J connectivity index is 1.32. The molecule has 5 aromatic rings. The predicted octanol–water partition coefficient (Wildman–Crippen LogP) is 8.92. The molecule has 1 aromatic heterocycles. The molecule has 3 nitrogen and oxygen atoms in total. The van der Waals surface area contributed by atoms with Gasteiger partial charge in [-0.15, -0.1) is 11.3 Å². The largest absolute Gasteiger partial charge is 0.311 e. The van der Waals surface area contributed by atoms with Crippen LogP contribution in [-0.2, 0) is 6.54 Å². The lowest BCUT2D eigenvalue weighted by atomic mass is 10.1. The fourth-order valence-corrected chi connectivity index (χ4v) is 4.64. The van der Waals surface area contributed by atoms with E-state index in [1.54, 1.807) is 11.3 Å². The van der Waals surface area contributed by atoms with Gasteiger partial charge in [-0.1, -0.05) is 78.9 Å². The van der Waals surface area contributed by atoms with Crippen LogP contribution in [0, 0.1) is 0 Å². The Morgan fingerprint density at radius 1 is 0.583 bits per heavy atom. The second-order valence-corrected chi connectivity index (χ2v) is 9.23. The second kappa shape index (κ2) is 11.8. The molecule has 176 valence electrons. The van der Waals surface area contributed by atoms with E-state index in [2.05, 4.69) is 113 Å². The highest BCUT2D eigenvalue weighted by molar-refractivity contribution is 7.09. The second-order valence-electron chi connectivity index (χ2n) is 8.19. The molecule has 0 atom stereocenters. The van der Waals surface area contributed by atoms with Crippen LogP contribution in [0.3, 0.4) is 0 Å². The van der Waals surface area contributed by atoms with Crippen molar-refractivity contribution in [3.8, 4) is 0 Å². The molecule has 0 fully saturated rings. The molecule has 1 heterocycles. The first-order valence-corrected chi connectivity index (χ1v) is 12.8. The zero-order valence-electron chi connectivity index (χ0n) is 19.9. The van der Waals surface area contributed by atoms with E-state index >= 15 is 0 Å². The van der Waals surface area contributed by atoms with Crippen LogP contribution in [0.5, 0.6) is 0 Å². The molecule has 0 radical (unpaired) electrons. The van der Waals surface area contributed by atoms with Gasteiger partial charge in [-0.2, -0.15) is 5.10 Å². The maximum Gasteiger partial charge on any atom is 0.0759 e. The summed E-state index contributed by atoms with van der Waals surface area (Å²) in [4.78, 5) is 3.54. The van der Waals surface area contributed by atoms with Gasteiger partial charge < -0.3 is 4.90 Å². The highest BCUT2D eigenvalue weighted by atomic mass is 32.1. The quantitative estimate of drug-likeness (QED) is 0.153. The Morgan fingerprint density at radius 2 is 1.14 bits per heavy atom. The Kier molecular flexibility index (Phi) is 7.67. The number of nitrogens with zero attached hydrogens (tertiary/aromatic N) is 3. The fraction of sp³-hybridized carbons (Fsp3) is 0.0312. The molecule has 0 aliphatic rings. The lowest BCUT2D eigenvalue weighted by Crippen LogP contribution is -2.14. The van der Waals surface area contributed by atoms with Gasteiger partial charge in [0, 0.05) is 28.2 Å². The molecular formula is C32H27N3S. The fourth-order valence-electron chi connectivity index (χ4n) is 3.96. The van der Waals surface area contributed by atoms with Crippen LogP contribution >= 0.6 is 11.3 Å². The molecule has 0 saturated carbocycles. The lowest BCUT2D eigenvalue weighted by molar-refractivity contribution is 0.872. The first-order valence-electron chi connectivity index (χ1n) is 11.9. The number of hydrogen-bond donors (Lipinski definition) is 0. The van der Waals surface area contributed by atoms with Crippen molar-refractivity contribution in [2.75, 3.05) is 9.91 Å². The molecule has 0 unspecified atom stereocenters. The minimum atomic E-state index is 0.746. The monoisotopic (exact) mass is 485 g/mol. The van der Waals surface area contributed by atoms with E-state index in [0.717, 1.165) is 34.9 Å². The maximum absolute atomic E-state index is 4.73. The summed E-state index contributed by atoms with van der Waals surface area (Å²) >= 11 is 1.74. The number of benzene rings is 4. The number of allylic oxidation sites excluding steroid dienone is 1. The Morgan fingerprint density at radius 3 is 1.69 bits per heavy atom. The minimum Gasteiger partial charge on any atom is -0.311 e. The summed E-state index contributed by atoms with van der Waals surface area (Å²) in [5.74, 6) is 0. The molecule has 0 amide bonds. The third kappa shape index (κ3) is 5.98. The van der Waals surface area contributed by atoms with Crippen molar-refractivity contribution < 1.29 is 0 Å². The minimum absolute atomic E-state index is 0.746. The molecule has 4 aromatic carbocycles. The van der Waals surface area contributed by atoms with E-state index in [1.165, 1.54) is 4.88 Å². The Bertz CT molecular complexity index is 1340. The summed E-state index contributed by atoms with van der Waals surface area (Å²) in [6, 6.07) is 44.0. The Labute approximate surface area is 216 Å². The highest BCUT2D eigenvalue weighted by Gasteiger charge is 2.11. The van der Waals surface area contributed by atoms with E-state index in [4.69, 9.17) is 5.10 Å². The summed E-state index contributed by atoms with van der Waals surface area (Å²) in [6.07, 6.45) is 5.93. The summed E-state index contributed by atoms with van der Waals surface area (Å²) in [7, 11) is 0. The van der Waals surface area contributed by atoms with Crippen LogP contribution in [0.25, 0.3) is 6.08 Å². The van der Waals surface area contributed by atoms with Crippen molar-refractivity contribution in [2.45, 2.75) is 6.54 Å². The molecule has 0 aliphatic heterocycles. The first kappa shape index (κ1) is 23.3. The average Bonchev–Trinajstić information content (AvgIpc) is 3.46. The number of rotatable bonds is 9. The predicted molar refractivity (Wildman–Crippen MR) is 156 cm³/mol. The number of anilines is 4. The molecule has 4 heteroatoms. The molecule has 0 saturated heterocycles. The van der Waals surface area contributed by atoms with Crippen molar-refractivity contribution in [3.63, 3.8) is 0 Å². The van der Waals surface area contributed by atoms with Gasteiger partial charge >= 0.3 is 0 Å². The van der Waals surface area contributed by atoms with Crippen LogP contribution in [-0.4, -0.2) is 6.21 Å². The smallest absolute Gasteiger partial charge is 0.0759 e. The van der Waals surface area contributed by atoms with Crippen molar-refractivity contribution in [3.05, 3.63) is 149 Å². The van der Waals surface area contributed by atoms with Crippen LogP contribution < -0.4 is 9.91 Å². The van der Waals surface area contributed by atoms with Gasteiger partial charge in [0.25, 0.3) is 0 Å². The zero-order valence-corrected chi connectivity index (χ0v) is 20.7. The third-order valence-corrected chi connectivity index (χ3v) is 6.56. The molecule has 0 spiro atoms. The van der Waals surface area contributed by atoms with Crippen molar-refractivity contribution in [2.24, 2.45) is 5.10 Å². The van der Waals surface area contributed by atoms with Crippen LogP contribution in [0.15, 0.2) is 144 Å². The van der Waals surface area contributed by atoms with Crippen LogP contribution in [0.1, 0.15) is 10.4 Å². The van der Waals surface area contributed by atoms with E-state index in [0.29, 0.717) is 0 Å². The zero-order chi connectivity index (χ0) is 24.4. The topological polar surface area (TPSA) is 18.8 Å². The lowest BCUT2D eigenvalue weighted by Gasteiger charge is -2.25. The molecular weight excluding hydrogens is 458 g/mol. The SMILES string of the molecule is C(=C\c1ccc(N(c2ccccc2)c2ccccc2)cc1)/C=N/N(Cc1cccs1)c1ccccc1.